The summed E-state index contributed by atoms with van der Waals surface area (Å²) in [7, 11) is 0. The van der Waals surface area contributed by atoms with Gasteiger partial charge in [-0.15, -0.1) is 0 Å². The normalized spacial score (nSPS) is 11.4. The van der Waals surface area contributed by atoms with Gasteiger partial charge < -0.3 is 5.11 Å². The molecule has 0 aromatic carbocycles. The average Bonchev–Trinajstić information content (AvgIpc) is 2.46. The molecule has 1 rings (SSSR count). The van der Waals surface area contributed by atoms with E-state index in [0.717, 1.165) is 10.9 Å². The summed E-state index contributed by atoms with van der Waals surface area (Å²) in [6.07, 6.45) is 0.924. The van der Waals surface area contributed by atoms with Gasteiger partial charge in [-0.25, -0.2) is 9.48 Å². The number of nitro groups is 1. The number of hydrogen-bond donors (Lipinski definition) is 1. The average molecular weight is 234 g/mol. The summed E-state index contributed by atoms with van der Waals surface area (Å²) >= 11 is 5.64. The van der Waals surface area contributed by atoms with Crippen molar-refractivity contribution in [2.45, 2.75) is 19.4 Å². The molecule has 82 valence electrons. The Morgan fingerprint density at radius 3 is 2.60 bits per heavy atom. The molecule has 0 atom stereocenters. The number of aromatic nitrogens is 2. The summed E-state index contributed by atoms with van der Waals surface area (Å²) < 4.78 is 0.898. The second kappa shape index (κ2) is 3.50. The molecular formula is C7H8ClN3O4. The zero-order chi connectivity index (χ0) is 11.8. The highest BCUT2D eigenvalue weighted by atomic mass is 35.5. The van der Waals surface area contributed by atoms with Crippen molar-refractivity contribution < 1.29 is 14.8 Å². The molecule has 1 aromatic heterocycles. The number of carbonyl (C=O) groups is 1. The number of carboxylic acids is 1. The number of aliphatic carboxylic acids is 1. The Morgan fingerprint density at radius 2 is 2.27 bits per heavy atom. The summed E-state index contributed by atoms with van der Waals surface area (Å²) in [4.78, 5) is 20.6. The minimum Gasteiger partial charge on any atom is -0.479 e. The maximum atomic E-state index is 10.9. The minimum atomic E-state index is -1.43. The van der Waals surface area contributed by atoms with Gasteiger partial charge in [-0.3, -0.25) is 10.1 Å². The van der Waals surface area contributed by atoms with Crippen LogP contribution in [0.25, 0.3) is 0 Å². The molecule has 0 spiro atoms. The van der Waals surface area contributed by atoms with E-state index in [0.29, 0.717) is 0 Å². The summed E-state index contributed by atoms with van der Waals surface area (Å²) in [5.74, 6) is -1.18. The van der Waals surface area contributed by atoms with Crippen molar-refractivity contribution in [2.24, 2.45) is 0 Å². The smallest absolute Gasteiger partial charge is 0.331 e. The minimum absolute atomic E-state index is 0.299. The lowest BCUT2D eigenvalue weighted by Crippen LogP contribution is -2.36. The molecular weight excluding hydrogens is 226 g/mol. The van der Waals surface area contributed by atoms with E-state index in [1.807, 2.05) is 0 Å². The predicted molar refractivity (Wildman–Crippen MR) is 50.8 cm³/mol. The standard InChI is InChI=1S/C7H8ClN3O4/c1-7(2,6(12)13)10-5(8)4(3-9-10)11(14)15/h3H,1-2H3,(H,12,13). The summed E-state index contributed by atoms with van der Waals surface area (Å²) in [5.41, 5.74) is -1.84. The van der Waals surface area contributed by atoms with E-state index in [9.17, 15) is 14.9 Å². The molecule has 0 unspecified atom stereocenters. The maximum Gasteiger partial charge on any atom is 0.331 e. The maximum absolute atomic E-state index is 10.9. The molecule has 0 aliphatic heterocycles. The van der Waals surface area contributed by atoms with Gasteiger partial charge in [0.1, 0.15) is 6.20 Å². The zero-order valence-electron chi connectivity index (χ0n) is 7.97. The largest absolute Gasteiger partial charge is 0.479 e. The fourth-order valence-electron chi connectivity index (χ4n) is 0.928. The van der Waals surface area contributed by atoms with E-state index in [-0.39, 0.29) is 5.15 Å². The highest BCUT2D eigenvalue weighted by Crippen LogP contribution is 2.28. The second-order valence-electron chi connectivity index (χ2n) is 3.35. The predicted octanol–water partition coefficient (Wildman–Crippen LogP) is 1.26. The number of hydrogen-bond acceptors (Lipinski definition) is 4. The molecule has 1 heterocycles. The molecule has 0 aliphatic rings. The Hall–Kier alpha value is -1.63. The van der Waals surface area contributed by atoms with Crippen molar-refractivity contribution >= 4 is 23.3 Å². The van der Waals surface area contributed by atoms with Gasteiger partial charge in [-0.2, -0.15) is 5.10 Å². The van der Waals surface area contributed by atoms with Gasteiger partial charge in [0, 0.05) is 0 Å². The molecule has 0 fully saturated rings. The number of nitrogens with zero attached hydrogens (tertiary/aromatic N) is 3. The summed E-state index contributed by atoms with van der Waals surface area (Å²) in [5, 5.41) is 22.6. The van der Waals surface area contributed by atoms with Crippen molar-refractivity contribution in [3.63, 3.8) is 0 Å². The lowest BCUT2D eigenvalue weighted by Gasteiger charge is -2.19. The van der Waals surface area contributed by atoms with Crippen LogP contribution in [0.2, 0.25) is 5.15 Å². The van der Waals surface area contributed by atoms with Gasteiger partial charge in [0.15, 0.2) is 5.54 Å². The molecule has 0 amide bonds. The molecule has 0 aliphatic carbocycles. The van der Waals surface area contributed by atoms with Crippen molar-refractivity contribution in [3.05, 3.63) is 21.5 Å². The van der Waals surface area contributed by atoms with Gasteiger partial charge >= 0.3 is 11.7 Å². The number of carboxylic acid groups (broad SMARTS) is 1. The quantitative estimate of drug-likeness (QED) is 0.626. The molecule has 0 radical (unpaired) electrons. The first-order chi connectivity index (χ1) is 6.78. The molecule has 0 saturated heterocycles. The second-order valence-corrected chi connectivity index (χ2v) is 3.71. The van der Waals surface area contributed by atoms with Crippen LogP contribution in [0.3, 0.4) is 0 Å². The SMILES string of the molecule is CC(C)(C(=O)O)n1ncc([N+](=O)[O-])c1Cl. The van der Waals surface area contributed by atoms with Crippen molar-refractivity contribution in [3.8, 4) is 0 Å². The van der Waals surface area contributed by atoms with Crippen molar-refractivity contribution in [1.82, 2.24) is 9.78 Å². The van der Waals surface area contributed by atoms with E-state index < -0.39 is 22.1 Å². The monoisotopic (exact) mass is 233 g/mol. The van der Waals surface area contributed by atoms with E-state index >= 15 is 0 Å². The van der Waals surface area contributed by atoms with Crippen LogP contribution in [0.5, 0.6) is 0 Å². The third-order valence-electron chi connectivity index (χ3n) is 1.94. The Labute approximate surface area is 89.4 Å². The van der Waals surface area contributed by atoms with Crippen LogP contribution in [-0.2, 0) is 10.3 Å². The van der Waals surface area contributed by atoms with Crippen molar-refractivity contribution in [2.75, 3.05) is 0 Å². The van der Waals surface area contributed by atoms with Gasteiger partial charge in [0.25, 0.3) is 0 Å². The van der Waals surface area contributed by atoms with E-state index in [1.165, 1.54) is 13.8 Å². The fraction of sp³-hybridized carbons (Fsp3) is 0.429. The van der Waals surface area contributed by atoms with Crippen molar-refractivity contribution in [1.29, 1.82) is 0 Å². The number of halogens is 1. The lowest BCUT2D eigenvalue weighted by molar-refractivity contribution is -0.384. The van der Waals surface area contributed by atoms with Gasteiger partial charge in [0.2, 0.25) is 5.15 Å². The molecule has 0 bridgehead atoms. The molecule has 7 nitrogen and oxygen atoms in total. The first-order valence-corrected chi connectivity index (χ1v) is 4.28. The summed E-state index contributed by atoms with van der Waals surface area (Å²) in [6.45, 7) is 2.69. The first kappa shape index (κ1) is 11.4. The Balaban J connectivity index is 3.29. The highest BCUT2D eigenvalue weighted by molar-refractivity contribution is 6.31. The van der Waals surface area contributed by atoms with Crippen LogP contribution in [0, 0.1) is 10.1 Å². The van der Waals surface area contributed by atoms with Crippen LogP contribution in [0.1, 0.15) is 13.8 Å². The third kappa shape index (κ3) is 1.78. The number of rotatable bonds is 3. The Morgan fingerprint density at radius 1 is 1.73 bits per heavy atom. The first-order valence-electron chi connectivity index (χ1n) is 3.90. The van der Waals surface area contributed by atoms with Gasteiger partial charge in [-0.05, 0) is 13.8 Å². The summed E-state index contributed by atoms with van der Waals surface area (Å²) in [6, 6.07) is 0. The molecule has 8 heteroatoms. The van der Waals surface area contributed by atoms with Gasteiger partial charge in [0.05, 0.1) is 4.92 Å². The van der Waals surface area contributed by atoms with E-state index in [4.69, 9.17) is 16.7 Å². The van der Waals surface area contributed by atoms with Gasteiger partial charge in [-0.1, -0.05) is 11.6 Å². The molecule has 0 saturated carbocycles. The van der Waals surface area contributed by atoms with Crippen LogP contribution >= 0.6 is 11.6 Å². The van der Waals surface area contributed by atoms with Crippen LogP contribution in [0.4, 0.5) is 5.69 Å². The molecule has 1 aromatic rings. The zero-order valence-corrected chi connectivity index (χ0v) is 8.72. The van der Waals surface area contributed by atoms with Crippen LogP contribution in [-0.4, -0.2) is 25.8 Å². The van der Waals surface area contributed by atoms with Crippen LogP contribution in [0.15, 0.2) is 6.20 Å². The Kier molecular flexibility index (Phi) is 2.67. The Bertz CT molecular complexity index is 426. The van der Waals surface area contributed by atoms with E-state index in [2.05, 4.69) is 5.10 Å². The lowest BCUT2D eigenvalue weighted by atomic mass is 10.1. The third-order valence-corrected chi connectivity index (χ3v) is 2.30. The topological polar surface area (TPSA) is 98.3 Å². The molecule has 1 N–H and O–H groups in total. The van der Waals surface area contributed by atoms with Crippen LogP contribution < -0.4 is 0 Å². The fourth-order valence-corrected chi connectivity index (χ4v) is 1.30. The highest BCUT2D eigenvalue weighted by Gasteiger charge is 2.35. The molecule has 15 heavy (non-hydrogen) atoms. The van der Waals surface area contributed by atoms with E-state index in [1.54, 1.807) is 0 Å².